The van der Waals surface area contributed by atoms with E-state index < -0.39 is 5.97 Å². The summed E-state index contributed by atoms with van der Waals surface area (Å²) in [5, 5.41) is 8.85. The highest BCUT2D eigenvalue weighted by atomic mass is 16.4. The van der Waals surface area contributed by atoms with E-state index in [1.165, 1.54) is 0 Å². The topological polar surface area (TPSA) is 43.8 Å². The Labute approximate surface area is 107 Å². The number of hydrogen-bond acceptors (Lipinski definition) is 3. The lowest BCUT2D eigenvalue weighted by atomic mass is 10.2. The van der Waals surface area contributed by atoms with Crippen LogP contribution in [0.25, 0.3) is 0 Å². The third-order valence-electron chi connectivity index (χ3n) is 3.24. The summed E-state index contributed by atoms with van der Waals surface area (Å²) in [6, 6.07) is 7.08. The smallest absolute Gasteiger partial charge is 0.335 e. The van der Waals surface area contributed by atoms with E-state index in [0.29, 0.717) is 5.56 Å². The van der Waals surface area contributed by atoms with Gasteiger partial charge in [-0.1, -0.05) is 6.08 Å². The second-order valence-electron chi connectivity index (χ2n) is 4.43. The molecule has 1 N–H and O–H groups in total. The third kappa shape index (κ3) is 2.90. The van der Waals surface area contributed by atoms with Crippen molar-refractivity contribution >= 4 is 11.7 Å². The number of benzene rings is 1. The Morgan fingerprint density at radius 3 is 2.33 bits per heavy atom. The SMILES string of the molecule is C=CCN1CCN(c2ccc(C(=O)O)cc2)CC1. The van der Waals surface area contributed by atoms with Crippen LogP contribution in [-0.2, 0) is 0 Å². The maximum Gasteiger partial charge on any atom is 0.335 e. The fourth-order valence-corrected chi connectivity index (χ4v) is 2.19. The predicted molar refractivity (Wildman–Crippen MR) is 72.3 cm³/mol. The molecule has 4 heteroatoms. The van der Waals surface area contributed by atoms with Crippen molar-refractivity contribution in [3.05, 3.63) is 42.5 Å². The second-order valence-corrected chi connectivity index (χ2v) is 4.43. The van der Waals surface area contributed by atoms with Crippen LogP contribution in [0.1, 0.15) is 10.4 Å². The van der Waals surface area contributed by atoms with Crippen molar-refractivity contribution in [1.82, 2.24) is 4.90 Å². The number of carboxylic acids is 1. The molecule has 4 nitrogen and oxygen atoms in total. The number of carboxylic acid groups (broad SMARTS) is 1. The minimum atomic E-state index is -0.877. The zero-order chi connectivity index (χ0) is 13.0. The zero-order valence-electron chi connectivity index (χ0n) is 10.4. The first-order valence-electron chi connectivity index (χ1n) is 6.12. The van der Waals surface area contributed by atoms with Gasteiger partial charge in [0.15, 0.2) is 0 Å². The van der Waals surface area contributed by atoms with Crippen molar-refractivity contribution in [3.63, 3.8) is 0 Å². The van der Waals surface area contributed by atoms with Gasteiger partial charge in [0, 0.05) is 38.4 Å². The molecule has 0 bridgehead atoms. The van der Waals surface area contributed by atoms with E-state index in [1.807, 2.05) is 18.2 Å². The number of anilines is 1. The Morgan fingerprint density at radius 2 is 1.83 bits per heavy atom. The van der Waals surface area contributed by atoms with E-state index in [-0.39, 0.29) is 0 Å². The molecule has 2 rings (SSSR count). The van der Waals surface area contributed by atoms with Crippen molar-refractivity contribution in [2.75, 3.05) is 37.6 Å². The van der Waals surface area contributed by atoms with Crippen LogP contribution in [0.2, 0.25) is 0 Å². The summed E-state index contributed by atoms with van der Waals surface area (Å²) in [5.41, 5.74) is 1.43. The summed E-state index contributed by atoms with van der Waals surface area (Å²) >= 11 is 0. The second kappa shape index (κ2) is 5.69. The summed E-state index contributed by atoms with van der Waals surface area (Å²) in [7, 11) is 0. The van der Waals surface area contributed by atoms with Gasteiger partial charge in [-0.25, -0.2) is 4.79 Å². The molecule has 1 aromatic carbocycles. The molecule has 0 aliphatic carbocycles. The van der Waals surface area contributed by atoms with Gasteiger partial charge >= 0.3 is 5.97 Å². The van der Waals surface area contributed by atoms with Crippen molar-refractivity contribution < 1.29 is 9.90 Å². The van der Waals surface area contributed by atoms with Crippen molar-refractivity contribution in [3.8, 4) is 0 Å². The van der Waals surface area contributed by atoms with Gasteiger partial charge in [0.25, 0.3) is 0 Å². The number of hydrogen-bond donors (Lipinski definition) is 1. The van der Waals surface area contributed by atoms with Crippen LogP contribution in [0.4, 0.5) is 5.69 Å². The molecule has 0 unspecified atom stereocenters. The Bertz CT molecular complexity index is 420. The molecule has 1 saturated heterocycles. The normalized spacial score (nSPS) is 16.6. The van der Waals surface area contributed by atoms with E-state index in [2.05, 4.69) is 16.4 Å². The van der Waals surface area contributed by atoms with Crippen LogP contribution in [0.3, 0.4) is 0 Å². The van der Waals surface area contributed by atoms with Gasteiger partial charge < -0.3 is 10.0 Å². The average Bonchev–Trinajstić information content (AvgIpc) is 2.40. The fourth-order valence-electron chi connectivity index (χ4n) is 2.19. The van der Waals surface area contributed by atoms with Gasteiger partial charge in [-0.15, -0.1) is 6.58 Å². The minimum Gasteiger partial charge on any atom is -0.478 e. The molecule has 1 fully saturated rings. The quantitative estimate of drug-likeness (QED) is 0.821. The highest BCUT2D eigenvalue weighted by Crippen LogP contribution is 2.17. The van der Waals surface area contributed by atoms with Crippen LogP contribution >= 0.6 is 0 Å². The first-order valence-corrected chi connectivity index (χ1v) is 6.12. The Kier molecular flexibility index (Phi) is 3.99. The van der Waals surface area contributed by atoms with Gasteiger partial charge in [0.05, 0.1) is 5.56 Å². The number of aromatic carboxylic acids is 1. The van der Waals surface area contributed by atoms with E-state index in [1.54, 1.807) is 12.1 Å². The number of piperazine rings is 1. The van der Waals surface area contributed by atoms with Gasteiger partial charge in [-0.3, -0.25) is 4.90 Å². The van der Waals surface area contributed by atoms with Crippen LogP contribution in [-0.4, -0.2) is 48.7 Å². The maximum absolute atomic E-state index is 10.8. The summed E-state index contributed by atoms with van der Waals surface area (Å²) in [6.07, 6.45) is 1.93. The number of rotatable bonds is 4. The molecule has 0 radical (unpaired) electrons. The van der Waals surface area contributed by atoms with Crippen LogP contribution in [0.5, 0.6) is 0 Å². The fraction of sp³-hybridized carbons (Fsp3) is 0.357. The molecule has 1 aliphatic heterocycles. The highest BCUT2D eigenvalue weighted by Gasteiger charge is 2.16. The molecule has 0 atom stereocenters. The van der Waals surface area contributed by atoms with Gasteiger partial charge in [0.1, 0.15) is 0 Å². The van der Waals surface area contributed by atoms with E-state index in [9.17, 15) is 4.79 Å². The molecule has 1 heterocycles. The van der Waals surface area contributed by atoms with Crippen molar-refractivity contribution in [2.24, 2.45) is 0 Å². The molecule has 0 aromatic heterocycles. The van der Waals surface area contributed by atoms with Crippen molar-refractivity contribution in [2.45, 2.75) is 0 Å². The summed E-state index contributed by atoms with van der Waals surface area (Å²) in [6.45, 7) is 8.67. The molecule has 0 amide bonds. The van der Waals surface area contributed by atoms with Gasteiger partial charge in [-0.2, -0.15) is 0 Å². The summed E-state index contributed by atoms with van der Waals surface area (Å²) in [4.78, 5) is 15.4. The van der Waals surface area contributed by atoms with Crippen LogP contribution < -0.4 is 4.90 Å². The van der Waals surface area contributed by atoms with Crippen molar-refractivity contribution in [1.29, 1.82) is 0 Å². The summed E-state index contributed by atoms with van der Waals surface area (Å²) < 4.78 is 0. The van der Waals surface area contributed by atoms with Gasteiger partial charge in [-0.05, 0) is 24.3 Å². The minimum absolute atomic E-state index is 0.337. The Hall–Kier alpha value is -1.81. The molecule has 18 heavy (non-hydrogen) atoms. The zero-order valence-corrected chi connectivity index (χ0v) is 10.4. The molecule has 0 saturated carbocycles. The molecule has 1 aliphatic rings. The lowest BCUT2D eigenvalue weighted by molar-refractivity contribution is 0.0697. The first kappa shape index (κ1) is 12.6. The Balaban J connectivity index is 1.97. The third-order valence-corrected chi connectivity index (χ3v) is 3.24. The van der Waals surface area contributed by atoms with E-state index in [0.717, 1.165) is 38.4 Å². The van der Waals surface area contributed by atoms with E-state index in [4.69, 9.17) is 5.11 Å². The number of nitrogens with zero attached hydrogens (tertiary/aromatic N) is 2. The standard InChI is InChI=1S/C14H18N2O2/c1-2-7-15-8-10-16(11-9-15)13-5-3-12(4-6-13)14(17)18/h2-6H,1,7-11H2,(H,17,18). The molecule has 0 spiro atoms. The monoisotopic (exact) mass is 246 g/mol. The molecule has 96 valence electrons. The van der Waals surface area contributed by atoms with E-state index >= 15 is 0 Å². The highest BCUT2D eigenvalue weighted by molar-refractivity contribution is 5.88. The number of carbonyl (C=O) groups is 1. The molecule has 1 aromatic rings. The molecular weight excluding hydrogens is 228 g/mol. The maximum atomic E-state index is 10.8. The average molecular weight is 246 g/mol. The van der Waals surface area contributed by atoms with Crippen LogP contribution in [0.15, 0.2) is 36.9 Å². The lowest BCUT2D eigenvalue weighted by Gasteiger charge is -2.35. The van der Waals surface area contributed by atoms with Gasteiger partial charge in [0.2, 0.25) is 0 Å². The summed E-state index contributed by atoms with van der Waals surface area (Å²) in [5.74, 6) is -0.877. The lowest BCUT2D eigenvalue weighted by Crippen LogP contribution is -2.46. The predicted octanol–water partition coefficient (Wildman–Crippen LogP) is 1.69. The molecular formula is C14H18N2O2. The first-order chi connectivity index (χ1) is 8.70. The largest absolute Gasteiger partial charge is 0.478 e. The Morgan fingerprint density at radius 1 is 1.22 bits per heavy atom. The van der Waals surface area contributed by atoms with Crippen LogP contribution in [0, 0.1) is 0 Å².